The summed E-state index contributed by atoms with van der Waals surface area (Å²) in [6.45, 7) is 6.52. The first-order chi connectivity index (χ1) is 11.8. The van der Waals surface area contributed by atoms with E-state index < -0.39 is 0 Å². The highest BCUT2D eigenvalue weighted by Crippen LogP contribution is 2.65. The Kier molecular flexibility index (Phi) is 3.65. The van der Waals surface area contributed by atoms with Crippen LogP contribution in [-0.4, -0.2) is 18.7 Å². The number of rotatable bonds is 1. The molecular weight excluding hydrogens is 312 g/mol. The normalized spacial score (nSPS) is 44.6. The highest BCUT2D eigenvalue weighted by atomic mass is 16.5. The molecule has 3 nitrogen and oxygen atoms in total. The van der Waals surface area contributed by atoms with Gasteiger partial charge in [-0.05, 0) is 62.5 Å². The van der Waals surface area contributed by atoms with Crippen LogP contribution in [0.25, 0.3) is 0 Å². The van der Waals surface area contributed by atoms with E-state index in [1.807, 2.05) is 13.0 Å². The van der Waals surface area contributed by atoms with E-state index in [0.717, 1.165) is 37.0 Å². The summed E-state index contributed by atoms with van der Waals surface area (Å²) in [4.78, 5) is 24.6. The molecule has 0 N–H and O–H groups in total. The molecule has 0 heterocycles. The Morgan fingerprint density at radius 1 is 1.20 bits per heavy atom. The molecule has 0 radical (unpaired) electrons. The second kappa shape index (κ2) is 5.43. The van der Waals surface area contributed by atoms with Crippen LogP contribution in [0.4, 0.5) is 0 Å². The van der Waals surface area contributed by atoms with Crippen LogP contribution in [0.5, 0.6) is 0 Å². The minimum atomic E-state index is -0.0515. The SMILES string of the molecule is COC(C)=C1C(=O)CC2C3CCC4=CC(=O)C=CC4(C)C3CCC12C. The molecule has 25 heavy (non-hydrogen) atoms. The fourth-order valence-corrected chi connectivity index (χ4v) is 6.53. The lowest BCUT2D eigenvalue weighted by Gasteiger charge is -2.56. The van der Waals surface area contributed by atoms with Crippen LogP contribution < -0.4 is 0 Å². The van der Waals surface area contributed by atoms with Gasteiger partial charge in [-0.25, -0.2) is 0 Å². The van der Waals surface area contributed by atoms with Crippen molar-refractivity contribution in [2.75, 3.05) is 7.11 Å². The summed E-state index contributed by atoms with van der Waals surface area (Å²) in [5, 5.41) is 0. The van der Waals surface area contributed by atoms with Gasteiger partial charge in [-0.3, -0.25) is 9.59 Å². The molecule has 0 aliphatic heterocycles. The van der Waals surface area contributed by atoms with Gasteiger partial charge in [0.25, 0.3) is 0 Å². The van der Waals surface area contributed by atoms with Crippen LogP contribution in [0.15, 0.2) is 35.1 Å². The molecule has 4 aliphatic carbocycles. The van der Waals surface area contributed by atoms with Crippen molar-refractivity contribution < 1.29 is 14.3 Å². The van der Waals surface area contributed by atoms with Gasteiger partial charge in [0, 0.05) is 22.8 Å². The Morgan fingerprint density at radius 2 is 1.96 bits per heavy atom. The molecule has 5 unspecified atom stereocenters. The third-order valence-corrected chi connectivity index (χ3v) is 7.86. The van der Waals surface area contributed by atoms with Crippen LogP contribution in [0, 0.1) is 28.6 Å². The van der Waals surface area contributed by atoms with Gasteiger partial charge in [-0.15, -0.1) is 0 Å². The molecule has 3 heteroatoms. The lowest BCUT2D eigenvalue weighted by atomic mass is 9.48. The lowest BCUT2D eigenvalue weighted by molar-refractivity contribution is -0.115. The van der Waals surface area contributed by atoms with Crippen molar-refractivity contribution in [2.45, 2.75) is 52.9 Å². The third kappa shape index (κ3) is 2.17. The van der Waals surface area contributed by atoms with Crippen LogP contribution in [0.3, 0.4) is 0 Å². The summed E-state index contributed by atoms with van der Waals surface area (Å²) in [5.41, 5.74) is 2.19. The number of ether oxygens (including phenoxy) is 1. The molecule has 0 aromatic rings. The van der Waals surface area contributed by atoms with Crippen LogP contribution in [-0.2, 0) is 14.3 Å². The minimum absolute atomic E-state index is 0.00995. The number of hydrogen-bond acceptors (Lipinski definition) is 3. The molecule has 4 rings (SSSR count). The van der Waals surface area contributed by atoms with E-state index in [4.69, 9.17) is 4.74 Å². The maximum absolute atomic E-state index is 12.8. The zero-order valence-corrected chi connectivity index (χ0v) is 15.7. The van der Waals surface area contributed by atoms with E-state index >= 15 is 0 Å². The number of hydrogen-bond donors (Lipinski definition) is 0. The lowest BCUT2D eigenvalue weighted by Crippen LogP contribution is -2.48. The van der Waals surface area contributed by atoms with Gasteiger partial charge in [0.2, 0.25) is 0 Å². The van der Waals surface area contributed by atoms with Crippen LogP contribution in [0.2, 0.25) is 0 Å². The van der Waals surface area contributed by atoms with E-state index in [9.17, 15) is 9.59 Å². The Hall–Kier alpha value is -1.64. The summed E-state index contributed by atoms with van der Waals surface area (Å²) in [5.74, 6) is 2.70. The van der Waals surface area contributed by atoms with Crippen molar-refractivity contribution in [1.82, 2.24) is 0 Å². The molecule has 0 bridgehead atoms. The van der Waals surface area contributed by atoms with E-state index in [-0.39, 0.29) is 22.4 Å². The van der Waals surface area contributed by atoms with Crippen molar-refractivity contribution in [1.29, 1.82) is 0 Å². The maximum Gasteiger partial charge on any atom is 0.178 e. The monoisotopic (exact) mass is 340 g/mol. The molecule has 3 fully saturated rings. The highest BCUT2D eigenvalue weighted by Gasteiger charge is 2.59. The average molecular weight is 340 g/mol. The number of carbonyl (C=O) groups excluding carboxylic acids is 2. The topological polar surface area (TPSA) is 43.4 Å². The fraction of sp³-hybridized carbons (Fsp3) is 0.636. The van der Waals surface area contributed by atoms with Gasteiger partial charge in [-0.2, -0.15) is 0 Å². The minimum Gasteiger partial charge on any atom is -0.501 e. The number of methoxy groups -OCH3 is 1. The standard InChI is InChI=1S/C22H28O3/c1-13(25-4)20-19(24)12-18-16-6-5-14-11-15(23)7-9-21(14,2)17(16)8-10-22(18,20)3/h7,9,11,16-18H,5-6,8,10,12H2,1-4H3. The maximum atomic E-state index is 12.8. The molecular formula is C22H28O3. The largest absolute Gasteiger partial charge is 0.501 e. The zero-order valence-electron chi connectivity index (χ0n) is 15.7. The Balaban J connectivity index is 1.74. The number of allylic oxidation sites excluding steroid dienone is 6. The van der Waals surface area contributed by atoms with Gasteiger partial charge in [0.1, 0.15) is 0 Å². The molecule has 3 saturated carbocycles. The third-order valence-electron chi connectivity index (χ3n) is 7.86. The highest BCUT2D eigenvalue weighted by molar-refractivity contribution is 6.01. The van der Waals surface area contributed by atoms with Crippen LogP contribution >= 0.6 is 0 Å². The molecule has 5 atom stereocenters. The van der Waals surface area contributed by atoms with Gasteiger partial charge in [-0.1, -0.05) is 25.5 Å². The molecule has 0 amide bonds. The Labute approximate surface area is 150 Å². The summed E-state index contributed by atoms with van der Waals surface area (Å²) in [6, 6.07) is 0. The quantitative estimate of drug-likeness (QED) is 0.525. The van der Waals surface area contributed by atoms with E-state index in [0.29, 0.717) is 24.2 Å². The summed E-state index contributed by atoms with van der Waals surface area (Å²) in [6.07, 6.45) is 10.6. The zero-order chi connectivity index (χ0) is 18.0. The predicted octanol–water partition coefficient (Wildman–Crippen LogP) is 4.39. The molecule has 0 aromatic heterocycles. The van der Waals surface area contributed by atoms with Crippen LogP contribution in [0.1, 0.15) is 52.9 Å². The summed E-state index contributed by atoms with van der Waals surface area (Å²) < 4.78 is 5.47. The smallest absolute Gasteiger partial charge is 0.178 e. The van der Waals surface area contributed by atoms with Crippen molar-refractivity contribution >= 4 is 11.6 Å². The molecule has 134 valence electrons. The second-order valence-corrected chi connectivity index (χ2v) is 8.82. The van der Waals surface area contributed by atoms with Crippen molar-refractivity contribution in [3.8, 4) is 0 Å². The average Bonchev–Trinajstić information content (AvgIpc) is 2.85. The van der Waals surface area contributed by atoms with Crippen molar-refractivity contribution in [2.24, 2.45) is 28.6 Å². The summed E-state index contributed by atoms with van der Waals surface area (Å²) >= 11 is 0. The predicted molar refractivity (Wildman–Crippen MR) is 96.7 cm³/mol. The van der Waals surface area contributed by atoms with E-state index in [1.165, 1.54) is 5.57 Å². The number of carbonyl (C=O) groups is 2. The van der Waals surface area contributed by atoms with Crippen molar-refractivity contribution in [3.05, 3.63) is 35.1 Å². The van der Waals surface area contributed by atoms with E-state index in [1.54, 1.807) is 13.2 Å². The Morgan fingerprint density at radius 3 is 2.68 bits per heavy atom. The van der Waals surface area contributed by atoms with Gasteiger partial charge < -0.3 is 4.74 Å². The fourth-order valence-electron chi connectivity index (χ4n) is 6.53. The molecule has 0 aromatic carbocycles. The van der Waals surface area contributed by atoms with Gasteiger partial charge in [0.05, 0.1) is 12.9 Å². The molecule has 0 spiro atoms. The van der Waals surface area contributed by atoms with Crippen molar-refractivity contribution in [3.63, 3.8) is 0 Å². The van der Waals surface area contributed by atoms with Gasteiger partial charge in [0.15, 0.2) is 11.6 Å². The summed E-state index contributed by atoms with van der Waals surface area (Å²) in [7, 11) is 1.67. The molecule has 0 saturated heterocycles. The first kappa shape index (κ1) is 16.8. The molecule has 4 aliphatic rings. The first-order valence-electron chi connectivity index (χ1n) is 9.54. The number of fused-ring (bicyclic) bond motifs is 5. The van der Waals surface area contributed by atoms with E-state index in [2.05, 4.69) is 19.9 Å². The second-order valence-electron chi connectivity index (χ2n) is 8.82. The first-order valence-corrected chi connectivity index (χ1v) is 9.54. The number of Topliss-reactive ketones (excluding diaryl/α,β-unsaturated/α-hetero) is 1. The van der Waals surface area contributed by atoms with Gasteiger partial charge >= 0.3 is 0 Å². The number of ketones is 2. The Bertz CT molecular complexity index is 740.